The van der Waals surface area contributed by atoms with E-state index in [9.17, 15) is 9.59 Å². The molecule has 5 nitrogen and oxygen atoms in total. The second-order valence-electron chi connectivity index (χ2n) is 4.66. The molecule has 0 heterocycles. The highest BCUT2D eigenvalue weighted by Crippen LogP contribution is 2.19. The van der Waals surface area contributed by atoms with Gasteiger partial charge in [-0.2, -0.15) is 0 Å². The van der Waals surface area contributed by atoms with Gasteiger partial charge in [0.1, 0.15) is 5.75 Å². The monoisotopic (exact) mass is 341 g/mol. The zero-order valence-electron chi connectivity index (χ0n) is 11.1. The maximum atomic E-state index is 11.6. The number of amides is 1. The summed E-state index contributed by atoms with van der Waals surface area (Å²) in [5, 5.41) is 2.78. The van der Waals surface area contributed by atoms with Gasteiger partial charge >= 0.3 is 5.97 Å². The average Bonchev–Trinajstić information content (AvgIpc) is 3.20. The smallest absolute Gasteiger partial charge is 0.344 e. The lowest BCUT2D eigenvalue weighted by atomic mass is 10.3. The number of hydrogen-bond acceptors (Lipinski definition) is 4. The second kappa shape index (κ2) is 6.74. The summed E-state index contributed by atoms with van der Waals surface area (Å²) in [5.74, 6) is -0.266. The third kappa shape index (κ3) is 4.85. The van der Waals surface area contributed by atoms with Crippen molar-refractivity contribution in [3.05, 3.63) is 28.7 Å². The van der Waals surface area contributed by atoms with Crippen molar-refractivity contribution in [2.45, 2.75) is 31.9 Å². The van der Waals surface area contributed by atoms with Crippen LogP contribution in [0.4, 0.5) is 0 Å². The van der Waals surface area contributed by atoms with Crippen LogP contribution in [0.15, 0.2) is 28.7 Å². The lowest BCUT2D eigenvalue weighted by molar-refractivity contribution is -0.156. The Labute approximate surface area is 125 Å². The molecule has 6 heteroatoms. The van der Waals surface area contributed by atoms with E-state index in [1.165, 1.54) is 0 Å². The summed E-state index contributed by atoms with van der Waals surface area (Å²) in [4.78, 5) is 23.2. The van der Waals surface area contributed by atoms with Gasteiger partial charge in [-0.1, -0.05) is 22.0 Å². The topological polar surface area (TPSA) is 64.6 Å². The van der Waals surface area contributed by atoms with Crippen LogP contribution in [0, 0.1) is 0 Å². The molecule has 0 aliphatic heterocycles. The van der Waals surface area contributed by atoms with Crippen LogP contribution >= 0.6 is 15.9 Å². The second-order valence-corrected chi connectivity index (χ2v) is 5.58. The Morgan fingerprint density at radius 1 is 1.45 bits per heavy atom. The van der Waals surface area contributed by atoms with Gasteiger partial charge in [-0.05, 0) is 38.0 Å². The number of ether oxygens (including phenoxy) is 2. The van der Waals surface area contributed by atoms with Gasteiger partial charge in [0.25, 0.3) is 5.91 Å². The van der Waals surface area contributed by atoms with Crippen LogP contribution in [-0.2, 0) is 14.3 Å². The van der Waals surface area contributed by atoms with Gasteiger partial charge in [0.2, 0.25) is 0 Å². The summed E-state index contributed by atoms with van der Waals surface area (Å²) < 4.78 is 11.2. The molecule has 0 spiro atoms. The Morgan fingerprint density at radius 3 is 2.85 bits per heavy atom. The fraction of sp³-hybridized carbons (Fsp3) is 0.429. The number of hydrogen-bond donors (Lipinski definition) is 1. The Balaban J connectivity index is 1.72. The van der Waals surface area contributed by atoms with E-state index >= 15 is 0 Å². The number of carbonyl (C=O) groups excluding carboxylic acids is 2. The predicted octanol–water partition coefficient (Wildman–Crippen LogP) is 2.04. The lowest BCUT2D eigenvalue weighted by Gasteiger charge is -2.13. The Hall–Kier alpha value is -1.56. The molecule has 1 saturated carbocycles. The number of nitrogens with one attached hydrogen (secondary N) is 1. The minimum Gasteiger partial charge on any atom is -0.482 e. The highest BCUT2D eigenvalue weighted by atomic mass is 79.9. The minimum atomic E-state index is -0.797. The number of benzene rings is 1. The highest BCUT2D eigenvalue weighted by Gasteiger charge is 2.27. The highest BCUT2D eigenvalue weighted by molar-refractivity contribution is 9.10. The van der Waals surface area contributed by atoms with Crippen LogP contribution in [0.3, 0.4) is 0 Å². The van der Waals surface area contributed by atoms with Crippen molar-refractivity contribution in [3.63, 3.8) is 0 Å². The fourth-order valence-electron chi connectivity index (χ4n) is 1.53. The van der Waals surface area contributed by atoms with Crippen molar-refractivity contribution in [1.82, 2.24) is 5.32 Å². The van der Waals surface area contributed by atoms with E-state index < -0.39 is 12.1 Å². The SMILES string of the molecule is C[C@@H](OC(=O)COc1cccc(Br)c1)C(=O)NC1CC1. The molecule has 0 saturated heterocycles. The first-order valence-electron chi connectivity index (χ1n) is 6.43. The molecule has 0 aromatic heterocycles. The Bertz CT molecular complexity index is 502. The molecule has 0 unspecified atom stereocenters. The van der Waals surface area contributed by atoms with E-state index in [-0.39, 0.29) is 18.6 Å². The molecular weight excluding hydrogens is 326 g/mol. The van der Waals surface area contributed by atoms with Crippen LogP contribution in [0.1, 0.15) is 19.8 Å². The third-order valence-electron chi connectivity index (χ3n) is 2.75. The van der Waals surface area contributed by atoms with Gasteiger partial charge in [0.15, 0.2) is 12.7 Å². The third-order valence-corrected chi connectivity index (χ3v) is 3.25. The quantitative estimate of drug-likeness (QED) is 0.804. The normalized spacial score (nSPS) is 15.3. The van der Waals surface area contributed by atoms with Crippen LogP contribution in [-0.4, -0.2) is 30.6 Å². The number of carbonyl (C=O) groups is 2. The van der Waals surface area contributed by atoms with Crippen molar-refractivity contribution in [2.24, 2.45) is 0 Å². The molecule has 1 N–H and O–H groups in total. The van der Waals surface area contributed by atoms with Gasteiger partial charge in [-0.25, -0.2) is 4.79 Å². The van der Waals surface area contributed by atoms with Gasteiger partial charge in [0.05, 0.1) is 0 Å². The van der Waals surface area contributed by atoms with Crippen LogP contribution < -0.4 is 10.1 Å². The fourth-order valence-corrected chi connectivity index (χ4v) is 1.91. The van der Waals surface area contributed by atoms with E-state index in [0.29, 0.717) is 5.75 Å². The first-order valence-corrected chi connectivity index (χ1v) is 7.22. The summed E-state index contributed by atoms with van der Waals surface area (Å²) in [6.45, 7) is 1.33. The molecular formula is C14H16BrNO4. The average molecular weight is 342 g/mol. The summed E-state index contributed by atoms with van der Waals surface area (Å²) >= 11 is 3.31. The lowest BCUT2D eigenvalue weighted by Crippen LogP contribution is -2.37. The molecule has 1 aliphatic carbocycles. The molecule has 1 aromatic carbocycles. The molecule has 1 aromatic rings. The largest absolute Gasteiger partial charge is 0.482 e. The van der Waals surface area contributed by atoms with Crippen molar-refractivity contribution in [1.29, 1.82) is 0 Å². The maximum Gasteiger partial charge on any atom is 0.344 e. The molecule has 1 amide bonds. The van der Waals surface area contributed by atoms with E-state index in [2.05, 4.69) is 21.2 Å². The molecule has 108 valence electrons. The van der Waals surface area contributed by atoms with Crippen LogP contribution in [0.25, 0.3) is 0 Å². The molecule has 2 rings (SSSR count). The molecule has 1 atom stereocenters. The summed E-state index contributed by atoms with van der Waals surface area (Å²) in [5.41, 5.74) is 0. The zero-order valence-corrected chi connectivity index (χ0v) is 12.7. The molecule has 20 heavy (non-hydrogen) atoms. The van der Waals surface area contributed by atoms with E-state index in [0.717, 1.165) is 17.3 Å². The molecule has 1 fully saturated rings. The van der Waals surface area contributed by atoms with E-state index in [1.54, 1.807) is 25.1 Å². The molecule has 1 aliphatic rings. The minimum absolute atomic E-state index is 0.225. The summed E-state index contributed by atoms with van der Waals surface area (Å²) in [7, 11) is 0. The van der Waals surface area contributed by atoms with Crippen molar-refractivity contribution >= 4 is 27.8 Å². The van der Waals surface area contributed by atoms with Crippen LogP contribution in [0.5, 0.6) is 5.75 Å². The first kappa shape index (κ1) is 14.8. The molecule has 0 bridgehead atoms. The van der Waals surface area contributed by atoms with Crippen molar-refractivity contribution in [2.75, 3.05) is 6.61 Å². The van der Waals surface area contributed by atoms with Gasteiger partial charge in [-0.15, -0.1) is 0 Å². The number of esters is 1. The van der Waals surface area contributed by atoms with E-state index in [4.69, 9.17) is 9.47 Å². The Morgan fingerprint density at radius 2 is 2.20 bits per heavy atom. The van der Waals surface area contributed by atoms with Gasteiger partial charge in [-0.3, -0.25) is 4.79 Å². The van der Waals surface area contributed by atoms with Gasteiger partial charge in [0, 0.05) is 10.5 Å². The van der Waals surface area contributed by atoms with Gasteiger partial charge < -0.3 is 14.8 Å². The number of rotatable bonds is 6. The number of halogens is 1. The summed E-state index contributed by atoms with van der Waals surface area (Å²) in [6.07, 6.45) is 1.20. The zero-order chi connectivity index (χ0) is 14.5. The van der Waals surface area contributed by atoms with Crippen LogP contribution in [0.2, 0.25) is 0 Å². The molecule has 0 radical (unpaired) electrons. The van der Waals surface area contributed by atoms with Crippen molar-refractivity contribution < 1.29 is 19.1 Å². The summed E-state index contributed by atoms with van der Waals surface area (Å²) in [6, 6.07) is 7.39. The predicted molar refractivity (Wildman–Crippen MR) is 76.4 cm³/mol. The maximum absolute atomic E-state index is 11.6. The standard InChI is InChI=1S/C14H16BrNO4/c1-9(14(18)16-11-5-6-11)20-13(17)8-19-12-4-2-3-10(15)7-12/h2-4,7,9,11H,5-6,8H2,1H3,(H,16,18)/t9-/m1/s1. The first-order chi connectivity index (χ1) is 9.54. The Kier molecular flexibility index (Phi) is 5.00. The van der Waals surface area contributed by atoms with Crippen molar-refractivity contribution in [3.8, 4) is 5.75 Å². The van der Waals surface area contributed by atoms with E-state index in [1.807, 2.05) is 6.07 Å².